The summed E-state index contributed by atoms with van der Waals surface area (Å²) >= 11 is 0. The van der Waals surface area contributed by atoms with Crippen LogP contribution in [0.4, 0.5) is 10.1 Å². The predicted molar refractivity (Wildman–Crippen MR) is 114 cm³/mol. The van der Waals surface area contributed by atoms with E-state index in [-0.39, 0.29) is 23.0 Å². The highest BCUT2D eigenvalue weighted by Gasteiger charge is 2.57. The summed E-state index contributed by atoms with van der Waals surface area (Å²) in [6.45, 7) is 3.12. The molecular formula is C24H33FN3O3+. The Bertz CT molecular complexity index is 853. The number of piperazine rings is 1. The van der Waals surface area contributed by atoms with Crippen LogP contribution in [0, 0.1) is 23.1 Å². The Hall–Kier alpha value is -1.99. The topological polar surface area (TPSA) is 74.1 Å². The second-order valence-corrected chi connectivity index (χ2v) is 10.7. The Morgan fingerprint density at radius 3 is 2.52 bits per heavy atom. The highest BCUT2D eigenvalue weighted by Crippen LogP contribution is 2.62. The highest BCUT2D eigenvalue weighted by atomic mass is 19.1. The van der Waals surface area contributed by atoms with E-state index < -0.39 is 5.60 Å². The zero-order valence-corrected chi connectivity index (χ0v) is 18.0. The molecule has 1 aromatic rings. The van der Waals surface area contributed by atoms with Crippen molar-refractivity contribution in [2.24, 2.45) is 17.3 Å². The third-order valence-electron chi connectivity index (χ3n) is 8.02. The van der Waals surface area contributed by atoms with E-state index >= 15 is 0 Å². The van der Waals surface area contributed by atoms with Gasteiger partial charge in [0.25, 0.3) is 5.91 Å². The van der Waals surface area contributed by atoms with Crippen molar-refractivity contribution in [1.29, 1.82) is 0 Å². The molecule has 0 spiro atoms. The van der Waals surface area contributed by atoms with Crippen LogP contribution in [0.5, 0.6) is 0 Å². The van der Waals surface area contributed by atoms with Crippen LogP contribution in [-0.4, -0.2) is 60.1 Å². The number of hydrogen-bond donors (Lipinski definition) is 3. The van der Waals surface area contributed by atoms with Gasteiger partial charge in [-0.05, 0) is 74.0 Å². The number of amides is 2. The van der Waals surface area contributed by atoms with Crippen molar-refractivity contribution < 1.29 is 24.0 Å². The van der Waals surface area contributed by atoms with Crippen LogP contribution in [0.3, 0.4) is 0 Å². The molecule has 1 heterocycles. The second kappa shape index (κ2) is 7.85. The second-order valence-electron chi connectivity index (χ2n) is 10.7. The molecule has 4 saturated carbocycles. The number of quaternary nitrogens is 1. The van der Waals surface area contributed by atoms with Gasteiger partial charge in [0.15, 0.2) is 6.54 Å². The van der Waals surface area contributed by atoms with Gasteiger partial charge in [0, 0.05) is 12.1 Å². The van der Waals surface area contributed by atoms with E-state index in [1.165, 1.54) is 18.6 Å². The van der Waals surface area contributed by atoms with Gasteiger partial charge >= 0.3 is 0 Å². The average Bonchev–Trinajstić information content (AvgIpc) is 2.66. The van der Waals surface area contributed by atoms with Gasteiger partial charge in [0.05, 0.1) is 31.8 Å². The number of hydrogen-bond acceptors (Lipinski definition) is 3. The molecule has 168 valence electrons. The maximum absolute atomic E-state index is 13.3. The zero-order chi connectivity index (χ0) is 21.6. The first-order valence-corrected chi connectivity index (χ1v) is 11.7. The molecule has 6 rings (SSSR count). The van der Waals surface area contributed by atoms with Crippen molar-refractivity contribution in [3.63, 3.8) is 0 Å². The first-order chi connectivity index (χ1) is 14.8. The molecule has 4 atom stereocenters. The molecule has 5 fully saturated rings. The van der Waals surface area contributed by atoms with Crippen LogP contribution in [0.25, 0.3) is 0 Å². The highest BCUT2D eigenvalue weighted by molar-refractivity contribution is 5.91. The molecule has 1 aromatic carbocycles. The minimum Gasteiger partial charge on any atom is -0.390 e. The van der Waals surface area contributed by atoms with Crippen LogP contribution >= 0.6 is 0 Å². The van der Waals surface area contributed by atoms with E-state index in [1.807, 2.05) is 4.90 Å². The van der Waals surface area contributed by atoms with E-state index in [9.17, 15) is 19.1 Å². The summed E-state index contributed by atoms with van der Waals surface area (Å²) in [6, 6.07) is 5.91. The number of carbonyl (C=O) groups excluding carboxylic acids is 2. The molecule has 1 saturated heterocycles. The minimum atomic E-state index is -0.526. The normalized spacial score (nSPS) is 34.7. The predicted octanol–water partition coefficient (Wildman–Crippen LogP) is 1.21. The first-order valence-electron chi connectivity index (χ1n) is 11.7. The SMILES string of the molecule is O=C(C[NH+]1CCN(C(=O)CC23C[C@@H]4C[C@@H](CC(O)(C4)C2)C3)CC1)Nc1cccc(F)c1. The molecule has 4 bridgehead atoms. The van der Waals surface area contributed by atoms with Crippen LogP contribution in [-0.2, 0) is 9.59 Å². The summed E-state index contributed by atoms with van der Waals surface area (Å²) in [5, 5.41) is 13.7. The molecule has 0 radical (unpaired) electrons. The van der Waals surface area contributed by atoms with Crippen molar-refractivity contribution >= 4 is 17.5 Å². The largest absolute Gasteiger partial charge is 0.390 e. The Morgan fingerprint density at radius 1 is 1.16 bits per heavy atom. The molecule has 4 aliphatic carbocycles. The van der Waals surface area contributed by atoms with Gasteiger partial charge in [-0.1, -0.05) is 6.07 Å². The molecule has 1 aliphatic heterocycles. The lowest BCUT2D eigenvalue weighted by Gasteiger charge is -2.60. The number of nitrogens with zero attached hydrogens (tertiary/aromatic N) is 1. The smallest absolute Gasteiger partial charge is 0.279 e. The lowest BCUT2D eigenvalue weighted by Crippen LogP contribution is -3.15. The summed E-state index contributed by atoms with van der Waals surface area (Å²) in [4.78, 5) is 28.5. The maximum atomic E-state index is 13.3. The van der Waals surface area contributed by atoms with Crippen molar-refractivity contribution in [3.05, 3.63) is 30.1 Å². The number of benzene rings is 1. The van der Waals surface area contributed by atoms with E-state index in [0.717, 1.165) is 50.1 Å². The molecule has 6 nitrogen and oxygen atoms in total. The van der Waals surface area contributed by atoms with Crippen molar-refractivity contribution in [1.82, 2.24) is 4.90 Å². The van der Waals surface area contributed by atoms with Crippen LogP contribution in [0.2, 0.25) is 0 Å². The van der Waals surface area contributed by atoms with Crippen LogP contribution < -0.4 is 10.2 Å². The molecular weight excluding hydrogens is 397 g/mol. The van der Waals surface area contributed by atoms with Crippen molar-refractivity contribution in [2.75, 3.05) is 38.0 Å². The third kappa shape index (κ3) is 4.48. The number of carbonyl (C=O) groups is 2. The number of aliphatic hydroxyl groups is 1. The van der Waals surface area contributed by atoms with E-state index in [4.69, 9.17) is 0 Å². The average molecular weight is 431 g/mol. The van der Waals surface area contributed by atoms with Gasteiger partial charge < -0.3 is 20.2 Å². The van der Waals surface area contributed by atoms with Crippen LogP contribution in [0.1, 0.15) is 44.9 Å². The van der Waals surface area contributed by atoms with Gasteiger partial charge in [-0.25, -0.2) is 4.39 Å². The summed E-state index contributed by atoms with van der Waals surface area (Å²) in [6.07, 6.45) is 6.66. The quantitative estimate of drug-likeness (QED) is 0.658. The van der Waals surface area contributed by atoms with Crippen molar-refractivity contribution in [3.8, 4) is 0 Å². The molecule has 31 heavy (non-hydrogen) atoms. The molecule has 5 aliphatic rings. The summed E-state index contributed by atoms with van der Waals surface area (Å²) in [5.74, 6) is 0.897. The Morgan fingerprint density at radius 2 is 1.87 bits per heavy atom. The monoisotopic (exact) mass is 430 g/mol. The Balaban J connectivity index is 1.11. The standard InChI is InChI=1S/C24H32FN3O3/c25-19-2-1-3-20(9-19)26-21(29)15-27-4-6-28(7-5-27)22(30)14-23-10-17-8-18(11-23)13-24(31,12-17)16-23/h1-3,9,17-18,31H,4-8,10-16H2,(H,26,29)/p+1/t17-,18+,23?,24?. The van der Waals surface area contributed by atoms with Gasteiger partial charge in [-0.15, -0.1) is 0 Å². The van der Waals surface area contributed by atoms with Crippen molar-refractivity contribution in [2.45, 2.75) is 50.5 Å². The molecule has 0 aromatic heterocycles. The number of anilines is 1. The van der Waals surface area contributed by atoms with Gasteiger partial charge in [0.2, 0.25) is 5.91 Å². The molecule has 7 heteroatoms. The lowest BCUT2D eigenvalue weighted by molar-refractivity contribution is -0.895. The fraction of sp³-hybridized carbons (Fsp3) is 0.667. The number of rotatable bonds is 5. The van der Waals surface area contributed by atoms with E-state index in [2.05, 4.69) is 5.32 Å². The fourth-order valence-corrected chi connectivity index (χ4v) is 7.29. The zero-order valence-electron chi connectivity index (χ0n) is 18.0. The Labute approximate surface area is 182 Å². The third-order valence-corrected chi connectivity index (χ3v) is 8.02. The van der Waals surface area contributed by atoms with Crippen LogP contribution in [0.15, 0.2) is 24.3 Å². The van der Waals surface area contributed by atoms with E-state index in [1.54, 1.807) is 12.1 Å². The van der Waals surface area contributed by atoms with Gasteiger partial charge in [-0.2, -0.15) is 0 Å². The summed E-state index contributed by atoms with van der Waals surface area (Å²) in [7, 11) is 0. The number of halogens is 1. The maximum Gasteiger partial charge on any atom is 0.279 e. The lowest BCUT2D eigenvalue weighted by atomic mass is 9.47. The first kappa shape index (κ1) is 20.9. The molecule has 3 N–H and O–H groups in total. The number of nitrogens with one attached hydrogen (secondary N) is 2. The van der Waals surface area contributed by atoms with Gasteiger partial charge in [0.1, 0.15) is 5.82 Å². The van der Waals surface area contributed by atoms with E-state index in [0.29, 0.717) is 43.6 Å². The summed E-state index contributed by atoms with van der Waals surface area (Å²) < 4.78 is 13.3. The minimum absolute atomic E-state index is 0.00471. The molecule has 2 amide bonds. The fourth-order valence-electron chi connectivity index (χ4n) is 7.29. The summed E-state index contributed by atoms with van der Waals surface area (Å²) in [5.41, 5.74) is -0.0528. The molecule has 2 unspecified atom stereocenters. The van der Waals surface area contributed by atoms with Gasteiger partial charge in [-0.3, -0.25) is 9.59 Å². The Kier molecular flexibility index (Phi) is 5.29.